The number of ether oxygens (including phenoxy) is 1. The average molecular weight is 170 g/mol. The summed E-state index contributed by atoms with van der Waals surface area (Å²) in [5.74, 6) is 0. The molecule has 1 rings (SSSR count). The third-order valence-electron chi connectivity index (χ3n) is 1.80. The van der Waals surface area contributed by atoms with Crippen LogP contribution in [-0.2, 0) is 4.74 Å². The quantitative estimate of drug-likeness (QED) is 0.627. The number of nitrogens with zero attached hydrogens (tertiary/aromatic N) is 2. The van der Waals surface area contributed by atoms with E-state index in [9.17, 15) is 0 Å². The summed E-state index contributed by atoms with van der Waals surface area (Å²) in [4.78, 5) is 6.59. The van der Waals surface area contributed by atoms with Crippen molar-refractivity contribution in [3.8, 4) is 0 Å². The molecular formula is C9H18N2O. The molecule has 0 atom stereocenters. The Labute approximate surface area is 74.4 Å². The maximum absolute atomic E-state index is 5.41. The monoisotopic (exact) mass is 170 g/mol. The summed E-state index contributed by atoms with van der Waals surface area (Å²) in [6.45, 7) is 10.2. The minimum atomic E-state index is 0.319. The van der Waals surface area contributed by atoms with Crippen LogP contribution in [-0.4, -0.2) is 36.2 Å². The summed E-state index contributed by atoms with van der Waals surface area (Å²) >= 11 is 0. The van der Waals surface area contributed by atoms with Gasteiger partial charge in [-0.05, 0) is 27.7 Å². The number of amidine groups is 1. The molecule has 0 radical (unpaired) electrons. The Balaban J connectivity index is 2.63. The summed E-state index contributed by atoms with van der Waals surface area (Å²) in [6.07, 6.45) is 0. The van der Waals surface area contributed by atoms with E-state index in [-0.39, 0.29) is 0 Å². The van der Waals surface area contributed by atoms with Crippen molar-refractivity contribution in [3.05, 3.63) is 0 Å². The van der Waals surface area contributed by atoms with E-state index in [1.54, 1.807) is 0 Å². The summed E-state index contributed by atoms with van der Waals surface area (Å²) in [5, 5.41) is 0. The van der Waals surface area contributed by atoms with Gasteiger partial charge in [-0.25, -0.2) is 4.99 Å². The Morgan fingerprint density at radius 3 is 2.50 bits per heavy atom. The fraction of sp³-hybridized carbons (Fsp3) is 0.889. The molecule has 0 spiro atoms. The van der Waals surface area contributed by atoms with Crippen molar-refractivity contribution in [1.29, 1.82) is 0 Å². The van der Waals surface area contributed by atoms with Gasteiger partial charge in [-0.2, -0.15) is 0 Å². The molecule has 0 bridgehead atoms. The molecular weight excluding hydrogens is 152 g/mol. The van der Waals surface area contributed by atoms with E-state index >= 15 is 0 Å². The minimum Gasteiger partial charge on any atom is -0.463 e. The number of hydrogen-bond acceptors (Lipinski definition) is 2. The molecule has 1 saturated heterocycles. The number of aliphatic imine (C=N–C) groups is 1. The lowest BCUT2D eigenvalue weighted by atomic mass is 10.3. The van der Waals surface area contributed by atoms with Crippen molar-refractivity contribution in [1.82, 2.24) is 4.90 Å². The maximum atomic E-state index is 5.41. The molecule has 3 heteroatoms. The molecule has 0 aromatic rings. The zero-order chi connectivity index (χ0) is 9.14. The van der Waals surface area contributed by atoms with Crippen LogP contribution in [0, 0.1) is 0 Å². The Morgan fingerprint density at radius 2 is 2.00 bits per heavy atom. The third-order valence-corrected chi connectivity index (χ3v) is 1.80. The smallest absolute Gasteiger partial charge is 0.287 e. The predicted molar refractivity (Wildman–Crippen MR) is 50.4 cm³/mol. The molecule has 0 saturated carbocycles. The predicted octanol–water partition coefficient (Wildman–Crippen LogP) is 1.49. The average Bonchev–Trinajstić information content (AvgIpc) is 2.33. The van der Waals surface area contributed by atoms with E-state index in [2.05, 4.69) is 37.6 Å². The van der Waals surface area contributed by atoms with Gasteiger partial charge in [0, 0.05) is 12.1 Å². The van der Waals surface area contributed by atoms with E-state index in [0.29, 0.717) is 12.1 Å². The van der Waals surface area contributed by atoms with E-state index in [0.717, 1.165) is 19.2 Å². The van der Waals surface area contributed by atoms with Crippen LogP contribution in [0.2, 0.25) is 0 Å². The van der Waals surface area contributed by atoms with Crippen molar-refractivity contribution < 1.29 is 4.74 Å². The summed E-state index contributed by atoms with van der Waals surface area (Å²) in [6, 6.07) is 1.63. The molecule has 1 heterocycles. The van der Waals surface area contributed by atoms with Gasteiger partial charge in [0.05, 0.1) is 6.54 Å². The second-order valence-electron chi connectivity index (χ2n) is 3.64. The Kier molecular flexibility index (Phi) is 2.95. The number of rotatable bonds is 2. The SMILES string of the molecule is CC(C)N=C1OCCN1C(C)C. The first kappa shape index (κ1) is 9.36. The van der Waals surface area contributed by atoms with Crippen LogP contribution in [0.25, 0.3) is 0 Å². The second kappa shape index (κ2) is 3.78. The van der Waals surface area contributed by atoms with Crippen LogP contribution < -0.4 is 0 Å². The van der Waals surface area contributed by atoms with Gasteiger partial charge >= 0.3 is 0 Å². The fourth-order valence-electron chi connectivity index (χ4n) is 1.23. The van der Waals surface area contributed by atoms with Gasteiger partial charge in [0.1, 0.15) is 6.61 Å². The van der Waals surface area contributed by atoms with Crippen LogP contribution >= 0.6 is 0 Å². The van der Waals surface area contributed by atoms with Crippen molar-refractivity contribution in [2.45, 2.75) is 39.8 Å². The Morgan fingerprint density at radius 1 is 1.33 bits per heavy atom. The van der Waals surface area contributed by atoms with Gasteiger partial charge in [0.2, 0.25) is 0 Å². The molecule has 0 aromatic carbocycles. The van der Waals surface area contributed by atoms with Gasteiger partial charge in [-0.1, -0.05) is 0 Å². The van der Waals surface area contributed by atoms with Crippen molar-refractivity contribution in [2.75, 3.05) is 13.2 Å². The van der Waals surface area contributed by atoms with Crippen molar-refractivity contribution >= 4 is 6.02 Å². The van der Waals surface area contributed by atoms with Gasteiger partial charge in [0.25, 0.3) is 6.02 Å². The molecule has 0 amide bonds. The maximum Gasteiger partial charge on any atom is 0.287 e. The zero-order valence-electron chi connectivity index (χ0n) is 8.37. The van der Waals surface area contributed by atoms with Crippen LogP contribution in [0.1, 0.15) is 27.7 Å². The molecule has 70 valence electrons. The molecule has 0 aromatic heterocycles. The lowest BCUT2D eigenvalue weighted by Gasteiger charge is -2.20. The van der Waals surface area contributed by atoms with E-state index in [1.807, 2.05) is 0 Å². The number of hydrogen-bond donors (Lipinski definition) is 0. The van der Waals surface area contributed by atoms with Crippen LogP contribution in [0.15, 0.2) is 4.99 Å². The third kappa shape index (κ3) is 2.13. The molecule has 0 unspecified atom stereocenters. The molecule has 1 fully saturated rings. The van der Waals surface area contributed by atoms with Crippen LogP contribution in [0.5, 0.6) is 0 Å². The highest BCUT2D eigenvalue weighted by molar-refractivity contribution is 5.75. The van der Waals surface area contributed by atoms with Gasteiger partial charge < -0.3 is 9.64 Å². The fourth-order valence-corrected chi connectivity index (χ4v) is 1.23. The molecule has 0 N–H and O–H groups in total. The minimum absolute atomic E-state index is 0.319. The van der Waals surface area contributed by atoms with Gasteiger partial charge in [0.15, 0.2) is 0 Å². The Hall–Kier alpha value is -0.730. The van der Waals surface area contributed by atoms with Crippen LogP contribution in [0.3, 0.4) is 0 Å². The van der Waals surface area contributed by atoms with Crippen molar-refractivity contribution in [3.63, 3.8) is 0 Å². The first-order valence-corrected chi connectivity index (χ1v) is 4.58. The first-order chi connectivity index (χ1) is 5.61. The lowest BCUT2D eigenvalue weighted by molar-refractivity contribution is 0.345. The standard InChI is InChI=1S/C9H18N2O/c1-7(2)10-9-11(8(3)4)5-6-12-9/h7-8H,5-6H2,1-4H3. The zero-order valence-corrected chi connectivity index (χ0v) is 8.37. The van der Waals surface area contributed by atoms with E-state index in [1.165, 1.54) is 0 Å². The molecule has 1 aliphatic heterocycles. The summed E-state index contributed by atoms with van der Waals surface area (Å²) in [5.41, 5.74) is 0. The molecule has 0 aliphatic carbocycles. The molecule has 3 nitrogen and oxygen atoms in total. The second-order valence-corrected chi connectivity index (χ2v) is 3.64. The Bertz CT molecular complexity index is 175. The van der Waals surface area contributed by atoms with Gasteiger partial charge in [-0.15, -0.1) is 0 Å². The summed E-state index contributed by atoms with van der Waals surface area (Å²) in [7, 11) is 0. The van der Waals surface area contributed by atoms with Gasteiger partial charge in [-0.3, -0.25) is 0 Å². The highest BCUT2D eigenvalue weighted by atomic mass is 16.5. The van der Waals surface area contributed by atoms with Crippen molar-refractivity contribution in [2.24, 2.45) is 4.99 Å². The lowest BCUT2D eigenvalue weighted by Crippen LogP contribution is -2.33. The van der Waals surface area contributed by atoms with E-state index in [4.69, 9.17) is 4.74 Å². The van der Waals surface area contributed by atoms with E-state index < -0.39 is 0 Å². The normalized spacial score (nSPS) is 21.2. The highest BCUT2D eigenvalue weighted by Crippen LogP contribution is 2.09. The molecule has 1 aliphatic rings. The first-order valence-electron chi connectivity index (χ1n) is 4.58. The molecule has 12 heavy (non-hydrogen) atoms. The topological polar surface area (TPSA) is 24.8 Å². The van der Waals surface area contributed by atoms with Crippen LogP contribution in [0.4, 0.5) is 0 Å². The highest BCUT2D eigenvalue weighted by Gasteiger charge is 2.22. The largest absolute Gasteiger partial charge is 0.463 e. The summed E-state index contributed by atoms with van der Waals surface area (Å²) < 4.78 is 5.41.